The first-order valence-corrected chi connectivity index (χ1v) is 39.3. The molecule has 0 unspecified atom stereocenters. The maximum absolute atomic E-state index is 13.9. The van der Waals surface area contributed by atoms with Gasteiger partial charge in [-0.1, -0.05) is 181 Å². The summed E-state index contributed by atoms with van der Waals surface area (Å²) in [7, 11) is 0. The molecule has 2 aromatic rings. The standard InChI is InChI=1S/C43H68N4O8.C37H56N4O8/c1-4-5-6-7-8-9-10-11-12-13-14-15-16-21-38(50)45-40(31(2)3)42(53)47-29-18-20-36(47)41(52)46-28-17-19-35(46)37(49)26-27-39(51)44-34(43(54)55)30-32-22-24-33(48)25-23-32;1-4-5-6-7-8-9-10-15-32(44)39-34(25(2)3)36(47)41-23-12-14-30(41)35(46)40-22-11-13-29(40)31(43)20-21-33(45)38-28(37(48)49)24-26-16-18-27(42)19-17-26/h22-25,31,34-36,40,48H,4-21,26-30H2,1-3H3,(H,44,51)(H,45,50)(H,54,55);16-19,25,28-30,34,42H,4-15,20-24H2,1-3H3,(H,38,45)(H,39,44)(H,48,49)/t34-,35-,36-,40-;28-,29-,30-,34-/m00/s1. The zero-order valence-corrected chi connectivity index (χ0v) is 63.2. The summed E-state index contributed by atoms with van der Waals surface area (Å²) in [5.41, 5.74) is 1.24. The normalized spacial score (nSPS) is 18.3. The fourth-order valence-electron chi connectivity index (χ4n) is 14.6. The molecule has 4 fully saturated rings. The number of hydrogen-bond donors (Lipinski definition) is 8. The molecule has 8 N–H and O–H groups in total. The molecule has 0 radical (unpaired) electrons. The molecule has 0 spiro atoms. The van der Waals surface area contributed by atoms with Crippen LogP contribution in [0.25, 0.3) is 0 Å². The van der Waals surface area contributed by atoms with Crippen LogP contribution in [-0.4, -0.2) is 185 Å². The van der Waals surface area contributed by atoms with Gasteiger partial charge in [0.05, 0.1) is 12.1 Å². The summed E-state index contributed by atoms with van der Waals surface area (Å²) in [5.74, 6) is -5.85. The lowest BCUT2D eigenvalue weighted by atomic mass is 10.0. The number of phenols is 2. The van der Waals surface area contributed by atoms with Crippen LogP contribution in [0.3, 0.4) is 0 Å². The number of phenolic OH excluding ortho intramolecular Hbond substituents is 2. The van der Waals surface area contributed by atoms with E-state index in [1.807, 2.05) is 27.7 Å². The number of aliphatic carboxylic acids is 2. The monoisotopic (exact) mass is 1450 g/mol. The van der Waals surface area contributed by atoms with Gasteiger partial charge in [-0.05, 0) is 111 Å². The number of carbonyl (C=O) groups excluding carboxylic acids is 10. The summed E-state index contributed by atoms with van der Waals surface area (Å²) in [4.78, 5) is 163. The molecule has 4 aliphatic rings. The van der Waals surface area contributed by atoms with Crippen molar-refractivity contribution < 1.29 is 78.0 Å². The van der Waals surface area contributed by atoms with Crippen LogP contribution in [-0.2, 0) is 70.4 Å². The molecule has 24 heteroatoms. The lowest BCUT2D eigenvalue weighted by Gasteiger charge is -2.34. The maximum atomic E-state index is 13.9. The highest BCUT2D eigenvalue weighted by atomic mass is 16.4. The minimum absolute atomic E-state index is 0.0113. The summed E-state index contributed by atoms with van der Waals surface area (Å²) >= 11 is 0. The van der Waals surface area contributed by atoms with Gasteiger partial charge in [-0.2, -0.15) is 0 Å². The molecule has 4 heterocycles. The second kappa shape index (κ2) is 46.8. The van der Waals surface area contributed by atoms with Gasteiger partial charge >= 0.3 is 11.9 Å². The van der Waals surface area contributed by atoms with E-state index in [1.54, 1.807) is 39.0 Å². The Morgan fingerprint density at radius 2 is 0.644 bits per heavy atom. The Bertz CT molecular complexity index is 3070. The Kier molecular flexibility index (Phi) is 39.0. The molecular weight excluding hydrogens is 1330 g/mol. The van der Waals surface area contributed by atoms with Crippen molar-refractivity contribution in [2.24, 2.45) is 11.8 Å². The number of unbranched alkanes of at least 4 members (excludes halogenated alkanes) is 18. The summed E-state index contributed by atoms with van der Waals surface area (Å²) < 4.78 is 0. The molecule has 4 saturated heterocycles. The third-order valence-corrected chi connectivity index (χ3v) is 20.7. The first-order valence-electron chi connectivity index (χ1n) is 39.3. The van der Waals surface area contributed by atoms with Crippen molar-refractivity contribution in [2.45, 2.75) is 321 Å². The van der Waals surface area contributed by atoms with E-state index in [4.69, 9.17) is 0 Å². The van der Waals surface area contributed by atoms with E-state index >= 15 is 0 Å². The summed E-state index contributed by atoms with van der Waals surface area (Å²) in [6.07, 6.45) is 27.9. The number of carboxylic acids is 2. The molecular formula is C80H124N8O16. The molecule has 8 atom stereocenters. The van der Waals surface area contributed by atoms with Crippen LogP contribution in [0.5, 0.6) is 11.5 Å². The van der Waals surface area contributed by atoms with Crippen molar-refractivity contribution in [1.29, 1.82) is 0 Å². The number of aromatic hydroxyl groups is 2. The number of likely N-dealkylation sites (tertiary alicyclic amines) is 4. The van der Waals surface area contributed by atoms with Gasteiger partial charge in [0.25, 0.3) is 0 Å². The van der Waals surface area contributed by atoms with E-state index < -0.39 is 72.1 Å². The Balaban J connectivity index is 0.000000376. The average molecular weight is 1450 g/mol. The molecule has 104 heavy (non-hydrogen) atoms. The lowest BCUT2D eigenvalue weighted by Crippen LogP contribution is -2.56. The Morgan fingerprint density at radius 3 is 0.942 bits per heavy atom. The number of Topliss-reactive ketones (excluding diaryl/α,β-unsaturated/α-hetero) is 2. The van der Waals surface area contributed by atoms with Crippen LogP contribution in [0.1, 0.15) is 271 Å². The van der Waals surface area contributed by atoms with Crippen molar-refractivity contribution in [2.75, 3.05) is 26.2 Å². The van der Waals surface area contributed by atoms with Crippen molar-refractivity contribution in [3.63, 3.8) is 0 Å². The van der Waals surface area contributed by atoms with Crippen molar-refractivity contribution in [3.05, 3.63) is 59.7 Å². The van der Waals surface area contributed by atoms with Crippen molar-refractivity contribution in [1.82, 2.24) is 40.9 Å². The highest BCUT2D eigenvalue weighted by molar-refractivity contribution is 5.98. The van der Waals surface area contributed by atoms with E-state index in [0.29, 0.717) is 102 Å². The van der Waals surface area contributed by atoms with Crippen LogP contribution >= 0.6 is 0 Å². The molecule has 8 amide bonds. The third kappa shape index (κ3) is 29.6. The quantitative estimate of drug-likeness (QED) is 0.0286. The number of hydrogen-bond acceptors (Lipinski definition) is 14. The van der Waals surface area contributed by atoms with E-state index in [1.165, 1.54) is 119 Å². The smallest absolute Gasteiger partial charge is 0.326 e. The van der Waals surface area contributed by atoms with Crippen LogP contribution in [0.4, 0.5) is 0 Å². The largest absolute Gasteiger partial charge is 0.508 e. The first-order chi connectivity index (χ1) is 49.8. The lowest BCUT2D eigenvalue weighted by molar-refractivity contribution is -0.148. The Hall–Kier alpha value is -7.92. The van der Waals surface area contributed by atoms with Crippen LogP contribution in [0, 0.1) is 11.8 Å². The van der Waals surface area contributed by atoms with E-state index in [0.717, 1.165) is 38.5 Å². The highest BCUT2D eigenvalue weighted by Gasteiger charge is 2.46. The second-order valence-corrected chi connectivity index (χ2v) is 29.8. The number of ketones is 2. The van der Waals surface area contributed by atoms with Gasteiger partial charge in [0.2, 0.25) is 47.3 Å². The highest BCUT2D eigenvalue weighted by Crippen LogP contribution is 2.30. The van der Waals surface area contributed by atoms with Crippen LogP contribution < -0.4 is 21.3 Å². The Labute approximate surface area is 617 Å². The summed E-state index contributed by atoms with van der Waals surface area (Å²) in [6, 6.07) is 5.25. The van der Waals surface area contributed by atoms with Gasteiger partial charge in [-0.3, -0.25) is 47.9 Å². The Morgan fingerprint density at radius 1 is 0.365 bits per heavy atom. The van der Waals surface area contributed by atoms with E-state index in [-0.39, 0.29) is 109 Å². The van der Waals surface area contributed by atoms with Crippen molar-refractivity contribution in [3.8, 4) is 11.5 Å². The van der Waals surface area contributed by atoms with Gasteiger partial charge in [0, 0.05) is 77.5 Å². The number of benzene rings is 2. The molecule has 580 valence electrons. The molecule has 2 aromatic carbocycles. The number of rotatable bonds is 46. The van der Waals surface area contributed by atoms with Crippen molar-refractivity contribution >= 4 is 70.8 Å². The number of carbonyl (C=O) groups is 12. The van der Waals surface area contributed by atoms with Gasteiger partial charge in [0.15, 0.2) is 11.6 Å². The zero-order valence-electron chi connectivity index (χ0n) is 63.2. The molecule has 0 aromatic heterocycles. The van der Waals surface area contributed by atoms with Crippen LogP contribution in [0.15, 0.2) is 48.5 Å². The molecule has 6 rings (SSSR count). The topological polar surface area (TPSA) is 347 Å². The fraction of sp³-hybridized carbons (Fsp3) is 0.700. The SMILES string of the molecule is CCCCCCCCCC(=O)N[C@H](C(=O)N1CCC[C@H]1C(=O)N1CCC[C@H]1C(=O)CCC(=O)N[C@@H](Cc1ccc(O)cc1)C(=O)O)C(C)C.CCCCCCCCCCCCCCCC(=O)N[C@H](C(=O)N1CCC[C@H]1C(=O)N1CCC[C@H]1C(=O)CCC(=O)N[C@@H](Cc1ccc(O)cc1)C(=O)O)C(C)C. The van der Waals surface area contributed by atoms with Gasteiger partial charge in [-0.15, -0.1) is 0 Å². The first kappa shape index (κ1) is 86.7. The van der Waals surface area contributed by atoms with Gasteiger partial charge in [0.1, 0.15) is 47.8 Å². The zero-order chi connectivity index (χ0) is 76.1. The summed E-state index contributed by atoms with van der Waals surface area (Å²) in [6.45, 7) is 13.5. The van der Waals surface area contributed by atoms with E-state index in [2.05, 4.69) is 35.1 Å². The number of nitrogens with one attached hydrogen (secondary N) is 4. The number of nitrogens with zero attached hydrogens (tertiary/aromatic N) is 4. The fourth-order valence-corrected chi connectivity index (χ4v) is 14.6. The van der Waals surface area contributed by atoms with Gasteiger partial charge < -0.3 is 61.3 Å². The molecule has 24 nitrogen and oxygen atoms in total. The molecule has 4 aliphatic heterocycles. The minimum atomic E-state index is -1.22. The second-order valence-electron chi connectivity index (χ2n) is 29.8. The predicted octanol–water partition coefficient (Wildman–Crippen LogP) is 10.6. The van der Waals surface area contributed by atoms with Crippen LogP contribution in [0.2, 0.25) is 0 Å². The molecule has 0 bridgehead atoms. The predicted molar refractivity (Wildman–Crippen MR) is 397 cm³/mol. The third-order valence-electron chi connectivity index (χ3n) is 20.7. The van der Waals surface area contributed by atoms with Gasteiger partial charge in [-0.25, -0.2) is 9.59 Å². The average Bonchev–Trinajstić information content (AvgIpc) is 1.64. The molecule has 0 aliphatic carbocycles. The molecule has 0 saturated carbocycles. The summed E-state index contributed by atoms with van der Waals surface area (Å²) in [5, 5.41) is 49.0. The van der Waals surface area contributed by atoms with E-state index in [9.17, 15) is 78.0 Å². The number of carboxylic acid groups (broad SMARTS) is 2. The minimum Gasteiger partial charge on any atom is -0.508 e. The number of amides is 8. The maximum Gasteiger partial charge on any atom is 0.326 e.